The van der Waals surface area contributed by atoms with E-state index in [0.29, 0.717) is 0 Å². The van der Waals surface area contributed by atoms with E-state index >= 15 is 0 Å². The fraction of sp³-hybridized carbons (Fsp3) is 0.462. The Kier molecular flexibility index (Phi) is 2.21. The predicted octanol–water partition coefficient (Wildman–Crippen LogP) is 1.98. The highest BCUT2D eigenvalue weighted by atomic mass is 16.2. The molecule has 0 saturated heterocycles. The highest BCUT2D eigenvalue weighted by Crippen LogP contribution is 2.36. The van der Waals surface area contributed by atoms with Gasteiger partial charge in [0.2, 0.25) is 5.91 Å². The summed E-state index contributed by atoms with van der Waals surface area (Å²) >= 11 is 0. The van der Waals surface area contributed by atoms with Crippen LogP contribution in [0.4, 0.5) is 5.69 Å². The Morgan fingerprint density at radius 2 is 2.12 bits per heavy atom. The third-order valence-electron chi connectivity index (χ3n) is 3.52. The summed E-state index contributed by atoms with van der Waals surface area (Å²) in [5.41, 5.74) is 9.42. The summed E-state index contributed by atoms with van der Waals surface area (Å²) in [7, 11) is 0. The van der Waals surface area contributed by atoms with Gasteiger partial charge in [-0.2, -0.15) is 0 Å². The summed E-state index contributed by atoms with van der Waals surface area (Å²) in [6.07, 6.45) is 4.06. The maximum atomic E-state index is 11.7. The van der Waals surface area contributed by atoms with Crippen molar-refractivity contribution in [3.05, 3.63) is 29.3 Å². The lowest BCUT2D eigenvalue weighted by Gasteiger charge is -2.10. The Bertz CT molecular complexity index is 438. The van der Waals surface area contributed by atoms with Crippen molar-refractivity contribution in [2.24, 2.45) is 11.7 Å². The first-order chi connectivity index (χ1) is 7.75. The van der Waals surface area contributed by atoms with E-state index in [-0.39, 0.29) is 17.9 Å². The molecule has 3 N–H and O–H groups in total. The zero-order chi connectivity index (χ0) is 11.1. The number of fused-ring (bicyclic) bond motifs is 1. The minimum atomic E-state index is 0.146. The molecule has 2 aliphatic rings. The molecular weight excluding hydrogens is 200 g/mol. The molecule has 1 saturated carbocycles. The third kappa shape index (κ3) is 1.61. The smallest absolute Gasteiger partial charge is 0.227 e. The van der Waals surface area contributed by atoms with Crippen molar-refractivity contribution >= 4 is 11.6 Å². The van der Waals surface area contributed by atoms with Gasteiger partial charge in [-0.05, 0) is 42.9 Å². The lowest BCUT2D eigenvalue weighted by atomic mass is 10.1. The first kappa shape index (κ1) is 9.85. The summed E-state index contributed by atoms with van der Waals surface area (Å²) in [4.78, 5) is 11.7. The minimum Gasteiger partial charge on any atom is -0.326 e. The van der Waals surface area contributed by atoms with E-state index in [0.717, 1.165) is 31.4 Å². The van der Waals surface area contributed by atoms with Gasteiger partial charge in [-0.3, -0.25) is 4.79 Å². The van der Waals surface area contributed by atoms with Crippen molar-refractivity contribution in [1.82, 2.24) is 0 Å². The monoisotopic (exact) mass is 216 g/mol. The zero-order valence-corrected chi connectivity index (χ0v) is 9.20. The van der Waals surface area contributed by atoms with Crippen LogP contribution in [0.1, 0.15) is 36.4 Å². The van der Waals surface area contributed by atoms with Crippen LogP contribution < -0.4 is 11.1 Å². The second-order valence-corrected chi connectivity index (χ2v) is 4.78. The molecule has 0 radical (unpaired) electrons. The van der Waals surface area contributed by atoms with E-state index in [9.17, 15) is 4.79 Å². The number of amides is 1. The predicted molar refractivity (Wildman–Crippen MR) is 63.0 cm³/mol. The zero-order valence-electron chi connectivity index (χ0n) is 9.20. The standard InChI is InChI=1S/C13H16N2O/c14-11-7-6-10-9(11)2-1-3-12(10)15-13(16)8-4-5-8/h1-3,8,11H,4-7,14H2,(H,15,16). The first-order valence-electron chi connectivity index (χ1n) is 5.94. The maximum absolute atomic E-state index is 11.7. The number of carbonyl (C=O) groups excluding carboxylic acids is 1. The van der Waals surface area contributed by atoms with Crippen molar-refractivity contribution in [3.63, 3.8) is 0 Å². The highest BCUT2D eigenvalue weighted by molar-refractivity contribution is 5.95. The fourth-order valence-electron chi connectivity index (χ4n) is 2.38. The van der Waals surface area contributed by atoms with E-state index in [4.69, 9.17) is 5.73 Å². The molecule has 0 heterocycles. The number of nitrogens with two attached hydrogens (primary N) is 1. The topological polar surface area (TPSA) is 55.1 Å². The molecule has 1 fully saturated rings. The van der Waals surface area contributed by atoms with Crippen LogP contribution in [0.2, 0.25) is 0 Å². The summed E-state index contributed by atoms with van der Waals surface area (Å²) in [5.74, 6) is 0.430. The number of benzene rings is 1. The largest absolute Gasteiger partial charge is 0.326 e. The number of hydrogen-bond donors (Lipinski definition) is 2. The van der Waals surface area contributed by atoms with Crippen LogP contribution >= 0.6 is 0 Å². The Morgan fingerprint density at radius 1 is 1.31 bits per heavy atom. The van der Waals surface area contributed by atoms with Gasteiger partial charge in [0.15, 0.2) is 0 Å². The Hall–Kier alpha value is -1.35. The van der Waals surface area contributed by atoms with E-state index < -0.39 is 0 Å². The number of anilines is 1. The van der Waals surface area contributed by atoms with Crippen molar-refractivity contribution in [2.75, 3.05) is 5.32 Å². The van der Waals surface area contributed by atoms with Gasteiger partial charge in [-0.1, -0.05) is 12.1 Å². The van der Waals surface area contributed by atoms with E-state index in [1.54, 1.807) is 0 Å². The van der Waals surface area contributed by atoms with Crippen LogP contribution in [-0.2, 0) is 11.2 Å². The molecule has 1 amide bonds. The summed E-state index contributed by atoms with van der Waals surface area (Å²) in [5, 5.41) is 3.03. The van der Waals surface area contributed by atoms with E-state index in [1.807, 2.05) is 12.1 Å². The summed E-state index contributed by atoms with van der Waals surface area (Å²) in [6, 6.07) is 6.18. The minimum absolute atomic E-state index is 0.146. The van der Waals surface area contributed by atoms with Crippen molar-refractivity contribution in [2.45, 2.75) is 31.7 Å². The molecule has 1 unspecified atom stereocenters. The summed E-state index contributed by atoms with van der Waals surface area (Å²) < 4.78 is 0. The molecule has 0 aromatic heterocycles. The molecule has 16 heavy (non-hydrogen) atoms. The van der Waals surface area contributed by atoms with Crippen LogP contribution in [0.15, 0.2) is 18.2 Å². The lowest BCUT2D eigenvalue weighted by molar-refractivity contribution is -0.117. The fourth-order valence-corrected chi connectivity index (χ4v) is 2.38. The quantitative estimate of drug-likeness (QED) is 0.794. The van der Waals surface area contributed by atoms with Gasteiger partial charge in [0.05, 0.1) is 0 Å². The normalized spacial score (nSPS) is 22.9. The number of hydrogen-bond acceptors (Lipinski definition) is 2. The Balaban J connectivity index is 1.87. The second kappa shape index (κ2) is 3.59. The number of rotatable bonds is 2. The van der Waals surface area contributed by atoms with Crippen LogP contribution in [0.3, 0.4) is 0 Å². The molecule has 0 spiro atoms. The van der Waals surface area contributed by atoms with Gasteiger partial charge in [0, 0.05) is 17.6 Å². The Labute approximate surface area is 95.0 Å². The maximum Gasteiger partial charge on any atom is 0.227 e. The molecule has 3 nitrogen and oxygen atoms in total. The van der Waals surface area contributed by atoms with Gasteiger partial charge >= 0.3 is 0 Å². The molecule has 2 aliphatic carbocycles. The molecule has 0 bridgehead atoms. The molecular formula is C13H16N2O. The Morgan fingerprint density at radius 3 is 2.88 bits per heavy atom. The lowest BCUT2D eigenvalue weighted by Crippen LogP contribution is -2.14. The average molecular weight is 216 g/mol. The molecule has 1 aromatic carbocycles. The van der Waals surface area contributed by atoms with Gasteiger partial charge in [-0.15, -0.1) is 0 Å². The van der Waals surface area contributed by atoms with Crippen molar-refractivity contribution in [1.29, 1.82) is 0 Å². The van der Waals surface area contributed by atoms with Crippen molar-refractivity contribution in [3.8, 4) is 0 Å². The van der Waals surface area contributed by atoms with Crippen LogP contribution in [-0.4, -0.2) is 5.91 Å². The van der Waals surface area contributed by atoms with E-state index in [2.05, 4.69) is 11.4 Å². The molecule has 84 valence electrons. The average Bonchev–Trinajstić information content (AvgIpc) is 3.05. The van der Waals surface area contributed by atoms with Crippen LogP contribution in [0.25, 0.3) is 0 Å². The van der Waals surface area contributed by atoms with Gasteiger partial charge < -0.3 is 11.1 Å². The SMILES string of the molecule is NC1CCc2c(NC(=O)C3CC3)cccc21. The van der Waals surface area contributed by atoms with Gasteiger partial charge in [0.25, 0.3) is 0 Å². The second-order valence-electron chi connectivity index (χ2n) is 4.78. The third-order valence-corrected chi connectivity index (χ3v) is 3.52. The van der Waals surface area contributed by atoms with Gasteiger partial charge in [-0.25, -0.2) is 0 Å². The van der Waals surface area contributed by atoms with Gasteiger partial charge in [0.1, 0.15) is 0 Å². The van der Waals surface area contributed by atoms with Crippen LogP contribution in [0, 0.1) is 5.92 Å². The molecule has 1 atom stereocenters. The molecule has 3 heteroatoms. The number of nitrogens with one attached hydrogen (secondary N) is 1. The van der Waals surface area contributed by atoms with Crippen LogP contribution in [0.5, 0.6) is 0 Å². The first-order valence-corrected chi connectivity index (χ1v) is 5.94. The van der Waals surface area contributed by atoms with Crippen molar-refractivity contribution < 1.29 is 4.79 Å². The summed E-state index contributed by atoms with van der Waals surface area (Å²) in [6.45, 7) is 0. The molecule has 3 rings (SSSR count). The van der Waals surface area contributed by atoms with E-state index in [1.165, 1.54) is 11.1 Å². The highest BCUT2D eigenvalue weighted by Gasteiger charge is 2.30. The molecule has 0 aliphatic heterocycles. The number of carbonyl (C=O) groups is 1. The molecule has 1 aromatic rings.